The van der Waals surface area contributed by atoms with Gasteiger partial charge in [0.05, 0.1) is 24.7 Å². The van der Waals surface area contributed by atoms with E-state index in [0.717, 1.165) is 17.8 Å². The van der Waals surface area contributed by atoms with E-state index in [0.29, 0.717) is 18.7 Å². The van der Waals surface area contributed by atoms with Gasteiger partial charge in [0.25, 0.3) is 5.91 Å². The van der Waals surface area contributed by atoms with E-state index in [1.54, 1.807) is 16.7 Å². The number of nitrogens with zero attached hydrogens (tertiary/aromatic N) is 3. The maximum atomic E-state index is 13.6. The Morgan fingerprint density at radius 1 is 0.906 bits per heavy atom. The fourth-order valence-corrected chi connectivity index (χ4v) is 4.70. The standard InChI is InChI=1S/C24H26F3N3O2/c1-16(2)29-13-21(31)30(17(3)18-9-11-19(12-10-18)24(25,26)27)23(22(29)32)14-28(15-23)20-7-5-4-6-8-20/h4-12,16-17H,13-15H2,1-3H3/t17-/m0/s1. The number of piperazine rings is 1. The third-order valence-electron chi connectivity index (χ3n) is 6.45. The highest BCUT2D eigenvalue weighted by Gasteiger charge is 2.61. The van der Waals surface area contributed by atoms with Crippen molar-refractivity contribution >= 4 is 17.5 Å². The molecule has 0 radical (unpaired) electrons. The molecule has 1 atom stereocenters. The van der Waals surface area contributed by atoms with Crippen LogP contribution in [0.2, 0.25) is 0 Å². The van der Waals surface area contributed by atoms with Crippen molar-refractivity contribution in [2.75, 3.05) is 24.5 Å². The summed E-state index contributed by atoms with van der Waals surface area (Å²) in [6, 6.07) is 13.8. The van der Waals surface area contributed by atoms with Crippen molar-refractivity contribution in [3.05, 3.63) is 65.7 Å². The Labute approximate surface area is 185 Å². The molecule has 2 saturated heterocycles. The van der Waals surface area contributed by atoms with Crippen LogP contribution in [0.4, 0.5) is 18.9 Å². The first-order valence-corrected chi connectivity index (χ1v) is 10.6. The first-order valence-electron chi connectivity index (χ1n) is 10.6. The van der Waals surface area contributed by atoms with Crippen LogP contribution in [0.1, 0.15) is 37.9 Å². The van der Waals surface area contributed by atoms with Crippen LogP contribution in [0.3, 0.4) is 0 Å². The molecule has 0 aliphatic carbocycles. The molecule has 0 saturated carbocycles. The van der Waals surface area contributed by atoms with Gasteiger partial charge in [-0.1, -0.05) is 30.3 Å². The zero-order valence-electron chi connectivity index (χ0n) is 18.3. The van der Waals surface area contributed by atoms with Crippen LogP contribution in [0.5, 0.6) is 0 Å². The third kappa shape index (κ3) is 3.61. The summed E-state index contributed by atoms with van der Waals surface area (Å²) >= 11 is 0. The third-order valence-corrected chi connectivity index (χ3v) is 6.45. The maximum absolute atomic E-state index is 13.6. The minimum atomic E-state index is -4.43. The average molecular weight is 445 g/mol. The number of para-hydroxylation sites is 1. The second-order valence-electron chi connectivity index (χ2n) is 8.81. The normalized spacial score (nSPS) is 19.5. The van der Waals surface area contributed by atoms with Crippen LogP contribution in [0.25, 0.3) is 0 Å². The van der Waals surface area contributed by atoms with Crippen molar-refractivity contribution in [3.8, 4) is 0 Å². The van der Waals surface area contributed by atoms with Crippen LogP contribution in [-0.4, -0.2) is 52.8 Å². The molecule has 5 nitrogen and oxygen atoms in total. The number of alkyl halides is 3. The van der Waals surface area contributed by atoms with Gasteiger partial charge in [-0.05, 0) is 50.6 Å². The molecule has 170 valence electrons. The van der Waals surface area contributed by atoms with E-state index >= 15 is 0 Å². The van der Waals surface area contributed by atoms with Gasteiger partial charge in [-0.2, -0.15) is 13.2 Å². The Hall–Kier alpha value is -3.03. The first kappa shape index (κ1) is 22.2. The fraction of sp³-hybridized carbons (Fsp3) is 0.417. The highest BCUT2D eigenvalue weighted by atomic mass is 19.4. The minimum Gasteiger partial charge on any atom is -0.366 e. The zero-order valence-corrected chi connectivity index (χ0v) is 18.3. The van der Waals surface area contributed by atoms with Gasteiger partial charge in [0.1, 0.15) is 6.54 Å². The number of anilines is 1. The molecule has 32 heavy (non-hydrogen) atoms. The lowest BCUT2D eigenvalue weighted by Crippen LogP contribution is -2.81. The number of carbonyl (C=O) groups excluding carboxylic acids is 2. The molecule has 2 heterocycles. The predicted molar refractivity (Wildman–Crippen MR) is 115 cm³/mol. The summed E-state index contributed by atoms with van der Waals surface area (Å²) in [6.45, 7) is 6.18. The molecule has 0 aromatic heterocycles. The van der Waals surface area contributed by atoms with E-state index in [1.165, 1.54) is 12.1 Å². The first-order chi connectivity index (χ1) is 15.0. The largest absolute Gasteiger partial charge is 0.416 e. The van der Waals surface area contributed by atoms with Gasteiger partial charge in [-0.3, -0.25) is 9.59 Å². The van der Waals surface area contributed by atoms with Crippen molar-refractivity contribution in [1.29, 1.82) is 0 Å². The van der Waals surface area contributed by atoms with Crippen molar-refractivity contribution in [1.82, 2.24) is 9.80 Å². The van der Waals surface area contributed by atoms with E-state index in [1.807, 2.05) is 49.1 Å². The topological polar surface area (TPSA) is 43.9 Å². The van der Waals surface area contributed by atoms with Gasteiger partial charge in [0.2, 0.25) is 5.91 Å². The number of hydrogen-bond acceptors (Lipinski definition) is 3. The average Bonchev–Trinajstić information content (AvgIpc) is 2.72. The van der Waals surface area contributed by atoms with Crippen molar-refractivity contribution in [2.45, 2.75) is 44.6 Å². The summed E-state index contributed by atoms with van der Waals surface area (Å²) in [7, 11) is 0. The molecule has 2 fully saturated rings. The van der Waals surface area contributed by atoms with Gasteiger partial charge in [0, 0.05) is 11.7 Å². The van der Waals surface area contributed by atoms with Crippen LogP contribution >= 0.6 is 0 Å². The second kappa shape index (κ2) is 7.83. The van der Waals surface area contributed by atoms with E-state index in [2.05, 4.69) is 0 Å². The van der Waals surface area contributed by atoms with Crippen LogP contribution < -0.4 is 4.90 Å². The number of carbonyl (C=O) groups is 2. The quantitative estimate of drug-likeness (QED) is 0.712. The summed E-state index contributed by atoms with van der Waals surface area (Å²) in [4.78, 5) is 32.1. The van der Waals surface area contributed by atoms with Crippen LogP contribution in [-0.2, 0) is 15.8 Å². The van der Waals surface area contributed by atoms with Crippen LogP contribution in [0, 0.1) is 0 Å². The Bertz CT molecular complexity index is 999. The summed E-state index contributed by atoms with van der Waals surface area (Å²) in [5, 5.41) is 0. The molecule has 1 spiro atoms. The van der Waals surface area contributed by atoms with E-state index in [-0.39, 0.29) is 24.4 Å². The zero-order chi connectivity index (χ0) is 23.3. The summed E-state index contributed by atoms with van der Waals surface area (Å²) in [6.07, 6.45) is -4.43. The molecule has 2 amide bonds. The molecule has 4 rings (SSSR count). The molecule has 2 aliphatic rings. The van der Waals surface area contributed by atoms with Gasteiger partial charge >= 0.3 is 6.18 Å². The number of amides is 2. The predicted octanol–water partition coefficient (Wildman–Crippen LogP) is 4.10. The van der Waals surface area contributed by atoms with Crippen molar-refractivity contribution in [2.24, 2.45) is 0 Å². The molecule has 0 bridgehead atoms. The van der Waals surface area contributed by atoms with Gasteiger partial charge in [0.15, 0.2) is 5.54 Å². The molecule has 8 heteroatoms. The Morgan fingerprint density at radius 3 is 2.03 bits per heavy atom. The molecule has 0 N–H and O–H groups in total. The SMILES string of the molecule is CC(C)N1CC(=O)N([C@@H](C)c2ccc(C(F)(F)F)cc2)C2(CN(c3ccccc3)C2)C1=O. The second-order valence-corrected chi connectivity index (χ2v) is 8.81. The smallest absolute Gasteiger partial charge is 0.366 e. The minimum absolute atomic E-state index is 0.0332. The van der Waals surface area contributed by atoms with E-state index in [4.69, 9.17) is 0 Å². The summed E-state index contributed by atoms with van der Waals surface area (Å²) < 4.78 is 38.9. The highest BCUT2D eigenvalue weighted by molar-refractivity contribution is 6.01. The molecule has 2 aliphatic heterocycles. The molecular formula is C24H26F3N3O2. The monoisotopic (exact) mass is 445 g/mol. The summed E-state index contributed by atoms with van der Waals surface area (Å²) in [5.74, 6) is -0.309. The van der Waals surface area contributed by atoms with Crippen molar-refractivity contribution < 1.29 is 22.8 Å². The number of rotatable bonds is 4. The Kier molecular flexibility index (Phi) is 5.43. The molecule has 0 unspecified atom stereocenters. The van der Waals surface area contributed by atoms with Crippen LogP contribution in [0.15, 0.2) is 54.6 Å². The lowest BCUT2D eigenvalue weighted by Gasteiger charge is -2.60. The lowest BCUT2D eigenvalue weighted by atomic mass is 9.81. The van der Waals surface area contributed by atoms with E-state index in [9.17, 15) is 22.8 Å². The molecule has 2 aromatic rings. The number of hydrogen-bond donors (Lipinski definition) is 0. The fourth-order valence-electron chi connectivity index (χ4n) is 4.70. The molecular weight excluding hydrogens is 419 g/mol. The van der Waals surface area contributed by atoms with Crippen molar-refractivity contribution in [3.63, 3.8) is 0 Å². The number of halogens is 3. The summed E-state index contributed by atoms with van der Waals surface area (Å²) in [5.41, 5.74) is -0.261. The van der Waals surface area contributed by atoms with Gasteiger partial charge < -0.3 is 14.7 Å². The Morgan fingerprint density at radius 2 is 1.50 bits per heavy atom. The van der Waals surface area contributed by atoms with Gasteiger partial charge in [-0.25, -0.2) is 0 Å². The lowest BCUT2D eigenvalue weighted by molar-refractivity contribution is -0.172. The van der Waals surface area contributed by atoms with E-state index < -0.39 is 23.3 Å². The number of benzene rings is 2. The molecule has 2 aromatic carbocycles. The maximum Gasteiger partial charge on any atom is 0.416 e. The Balaban J connectivity index is 1.67. The van der Waals surface area contributed by atoms with Gasteiger partial charge in [-0.15, -0.1) is 0 Å². The highest BCUT2D eigenvalue weighted by Crippen LogP contribution is 2.42.